The summed E-state index contributed by atoms with van der Waals surface area (Å²) < 4.78 is 129. The first-order chi connectivity index (χ1) is 36.8. The monoisotopic (exact) mass is 937 g/mol. The van der Waals surface area contributed by atoms with E-state index in [1.54, 1.807) is 53.2 Å². The highest BCUT2D eigenvalue weighted by Gasteiger charge is 2.65. The predicted octanol–water partition coefficient (Wildman–Crippen LogP) is 10.6. The van der Waals surface area contributed by atoms with Crippen molar-refractivity contribution in [3.8, 4) is 17.2 Å². The molecule has 316 valence electrons. The Labute approximate surface area is 407 Å². The number of benzene rings is 7. The molecule has 7 aromatic carbocycles. The second-order valence-corrected chi connectivity index (χ2v) is 29.0. The van der Waals surface area contributed by atoms with Crippen LogP contribution in [0.25, 0.3) is 33.5 Å². The molecule has 0 fully saturated rings. The Morgan fingerprint density at radius 2 is 1.09 bits per heavy atom. The van der Waals surface area contributed by atoms with Gasteiger partial charge < -0.3 is 4.74 Å². The molecule has 11 aromatic rings. The van der Waals surface area contributed by atoms with Crippen LogP contribution in [0.2, 0.25) is 25.9 Å². The van der Waals surface area contributed by atoms with Crippen LogP contribution in [0, 0.1) is 0 Å². The summed E-state index contributed by atoms with van der Waals surface area (Å²) in [5.41, 5.74) is 4.24. The van der Waals surface area contributed by atoms with Crippen LogP contribution in [0.4, 0.5) is 0 Å². The number of hydrogen-bond donors (Lipinski definition) is 0. The van der Waals surface area contributed by atoms with Crippen LogP contribution in [-0.4, -0.2) is 38.2 Å². The molecule has 9 heteroatoms. The molecule has 4 nitrogen and oxygen atoms in total. The normalized spacial score (nSPS) is 17.3. The van der Waals surface area contributed by atoms with Crippen LogP contribution >= 0.6 is 22.7 Å². The van der Waals surface area contributed by atoms with Crippen molar-refractivity contribution >= 4 is 104 Å². The summed E-state index contributed by atoms with van der Waals surface area (Å²) in [6.45, 7) is -14.0. The highest BCUT2D eigenvalue weighted by atomic mass is 32.1. The minimum atomic E-state index is -5.93. The molecule has 0 spiro atoms. The Kier molecular flexibility index (Phi) is 6.80. The highest BCUT2D eigenvalue weighted by molar-refractivity contribution is 7.32. The number of para-hydroxylation sites is 6. The van der Waals surface area contributed by atoms with Crippen LogP contribution in [0.1, 0.15) is 27.6 Å². The Morgan fingerprint density at radius 3 is 1.75 bits per heavy atom. The van der Waals surface area contributed by atoms with E-state index >= 15 is 0 Å². The lowest BCUT2D eigenvalue weighted by Gasteiger charge is -2.57. The maximum Gasteiger partial charge on any atom is 0.220 e. The van der Waals surface area contributed by atoms with E-state index in [1.807, 2.05) is 115 Å². The lowest BCUT2D eigenvalue weighted by atomic mass is 9.98. The lowest BCUT2D eigenvalue weighted by molar-refractivity contribution is 0.453. The van der Waals surface area contributed by atoms with Crippen LogP contribution in [0.3, 0.4) is 0 Å². The van der Waals surface area contributed by atoms with Gasteiger partial charge in [0.05, 0.1) is 22.1 Å². The molecule has 0 radical (unpaired) electrons. The quantitative estimate of drug-likeness (QED) is 0.107. The van der Waals surface area contributed by atoms with E-state index in [0.717, 1.165) is 66.0 Å². The minimum Gasteiger partial charge on any atom is -0.457 e. The molecule has 5 heterocycles. The van der Waals surface area contributed by atoms with Gasteiger partial charge in [0.1, 0.15) is 27.6 Å². The molecule has 65 heavy (non-hydrogen) atoms. The minimum absolute atomic E-state index is 0.0123. The average molecular weight is 938 g/mol. The summed E-state index contributed by atoms with van der Waals surface area (Å²) in [4.78, 5) is 5.20. The maximum atomic E-state index is 10.0. The smallest absolute Gasteiger partial charge is 0.220 e. The van der Waals surface area contributed by atoms with E-state index < -0.39 is 54.8 Å². The SMILES string of the molecule is [2H]C([2H])([2H])[Si](c1cccs1)(C([2H])([2H])[2H])C1([Si](c2cccs2)(C([2H])([2H])[2H])C([2H])([2H])[2H])c2ccccc2Oc2c1cccc2[Si](c1ccccc1)(c1ccccc1)c1cccc(-n2c3ccccc3n3c4ccccc4nc23)c1. The summed E-state index contributed by atoms with van der Waals surface area (Å²) in [5.74, 6) is 0.710. The van der Waals surface area contributed by atoms with Gasteiger partial charge in [0, 0.05) is 37.9 Å². The summed E-state index contributed by atoms with van der Waals surface area (Å²) in [5, 5.41) is 6.28. The van der Waals surface area contributed by atoms with E-state index in [1.165, 1.54) is 18.2 Å². The second kappa shape index (κ2) is 15.1. The number of nitrogens with zero attached hydrogens (tertiary/aromatic N) is 3. The zero-order chi connectivity index (χ0) is 54.0. The summed E-state index contributed by atoms with van der Waals surface area (Å²) in [7, 11) is -15.9. The second-order valence-electron chi connectivity index (χ2n) is 16.6. The molecule has 0 aliphatic carbocycles. The topological polar surface area (TPSA) is 31.5 Å². The third-order valence-corrected chi connectivity index (χ3v) is 29.4. The van der Waals surface area contributed by atoms with Crippen molar-refractivity contribution in [1.29, 1.82) is 0 Å². The summed E-state index contributed by atoms with van der Waals surface area (Å²) >= 11 is 1.84. The van der Waals surface area contributed by atoms with Crippen molar-refractivity contribution in [1.82, 2.24) is 14.0 Å². The van der Waals surface area contributed by atoms with Crippen molar-refractivity contribution in [2.75, 3.05) is 0 Å². The van der Waals surface area contributed by atoms with Gasteiger partial charge in [0.15, 0.2) is 8.07 Å². The summed E-state index contributed by atoms with van der Waals surface area (Å²) in [6.07, 6.45) is 0. The Bertz CT molecular complexity index is 3870. The predicted molar refractivity (Wildman–Crippen MR) is 283 cm³/mol. The zero-order valence-corrected chi connectivity index (χ0v) is 39.4. The third kappa shape index (κ3) is 5.60. The molecule has 0 amide bonds. The van der Waals surface area contributed by atoms with Crippen LogP contribution in [0.5, 0.6) is 11.5 Å². The Morgan fingerprint density at radius 1 is 0.523 bits per heavy atom. The maximum absolute atomic E-state index is 10.0. The lowest BCUT2D eigenvalue weighted by Crippen LogP contribution is -2.77. The molecule has 0 saturated heterocycles. The third-order valence-electron chi connectivity index (χ3n) is 13.3. The number of hydrogen-bond acceptors (Lipinski definition) is 4. The number of ether oxygens (including phenoxy) is 1. The van der Waals surface area contributed by atoms with E-state index in [9.17, 15) is 16.4 Å². The Hall–Kier alpha value is -6.34. The first kappa shape index (κ1) is 29.2. The summed E-state index contributed by atoms with van der Waals surface area (Å²) in [6, 6.07) is 61.8. The van der Waals surface area contributed by atoms with Crippen molar-refractivity contribution in [2.45, 2.75) is 30.6 Å². The van der Waals surface area contributed by atoms with Crippen molar-refractivity contribution < 1.29 is 21.2 Å². The fourth-order valence-corrected chi connectivity index (χ4v) is 26.6. The molecule has 1 aliphatic rings. The van der Waals surface area contributed by atoms with Gasteiger partial charge in [0.25, 0.3) is 0 Å². The van der Waals surface area contributed by atoms with E-state index in [2.05, 4.69) is 33.2 Å². The van der Waals surface area contributed by atoms with Crippen LogP contribution in [0.15, 0.2) is 211 Å². The molecule has 0 N–H and O–H groups in total. The molecule has 12 rings (SSSR count). The number of thiophene rings is 2. The van der Waals surface area contributed by atoms with E-state index in [4.69, 9.17) is 9.72 Å². The molecule has 0 unspecified atom stereocenters. The van der Waals surface area contributed by atoms with Gasteiger partial charge in [-0.3, -0.25) is 8.97 Å². The van der Waals surface area contributed by atoms with Gasteiger partial charge in [-0.15, -0.1) is 0 Å². The van der Waals surface area contributed by atoms with E-state index in [-0.39, 0.29) is 31.6 Å². The number of imidazole rings is 2. The largest absolute Gasteiger partial charge is 0.457 e. The van der Waals surface area contributed by atoms with Crippen molar-refractivity contribution in [2.24, 2.45) is 0 Å². The fraction of sp³-hybridized carbons (Fsp3) is 0.0893. The van der Waals surface area contributed by atoms with Gasteiger partial charge >= 0.3 is 0 Å². The van der Waals surface area contributed by atoms with Crippen molar-refractivity contribution in [3.63, 3.8) is 0 Å². The van der Waals surface area contributed by atoms with Crippen LogP contribution in [-0.2, 0) is 4.66 Å². The van der Waals surface area contributed by atoms with E-state index in [0.29, 0.717) is 11.0 Å². The van der Waals surface area contributed by atoms with Gasteiger partial charge in [-0.25, -0.2) is 4.98 Å². The van der Waals surface area contributed by atoms with Gasteiger partial charge in [-0.2, -0.15) is 22.7 Å². The molecule has 4 aromatic heterocycles. The molecule has 1 aliphatic heterocycles. The molecule has 0 bridgehead atoms. The average Bonchev–Trinajstić information content (AvgIpc) is 4.41. The standard InChI is InChI=1S/C56H47N3OS2Si3/c1-63(2,52-35-19-37-61-52)56(64(3,4)53-36-20-38-62-53)44-27-11-16-33-50(44)60-54-45(56)28-18-34-51(54)65(41-22-7-5-8-23-41,42-24-9-6-10-25-42)43-26-17-21-40(39-43)58-48-31-14-15-32-49(48)59-47-30-13-12-29-46(47)57-55(58)59/h5-39H,1-4H3/i1D3,2D3,3D3,4D3. The van der Waals surface area contributed by atoms with Crippen molar-refractivity contribution in [3.05, 3.63) is 222 Å². The first-order valence-electron chi connectivity index (χ1n) is 27.4. The molecular formula is C56H47N3OS2Si3. The molecule has 0 saturated carbocycles. The van der Waals surface area contributed by atoms with Gasteiger partial charge in [0.2, 0.25) is 5.78 Å². The van der Waals surface area contributed by atoms with Crippen LogP contribution < -0.4 is 34.5 Å². The number of rotatable bonds is 9. The fourth-order valence-electron chi connectivity index (χ4n) is 10.6. The number of aromatic nitrogens is 3. The first-order valence-corrected chi connectivity index (χ1v) is 29.1. The molecular weight excluding hydrogens is 879 g/mol. The molecule has 0 atom stereocenters. The highest BCUT2D eigenvalue weighted by Crippen LogP contribution is 2.57. The zero-order valence-electron chi connectivity index (χ0n) is 46.8. The van der Waals surface area contributed by atoms with Gasteiger partial charge in [-0.1, -0.05) is 184 Å². The Balaban J connectivity index is 1.31. The number of fused-ring (bicyclic) bond motifs is 7. The van der Waals surface area contributed by atoms with Gasteiger partial charge in [-0.05, 0) is 83.0 Å².